The zero-order valence-corrected chi connectivity index (χ0v) is 19.0. The smallest absolute Gasteiger partial charge is 0.411 e. The minimum atomic E-state index is -4.31. The van der Waals surface area contributed by atoms with Gasteiger partial charge in [0.05, 0.1) is 13.2 Å². The molecule has 3 N–H and O–H groups in total. The van der Waals surface area contributed by atoms with Gasteiger partial charge >= 0.3 is 6.18 Å². The molecule has 0 fully saturated rings. The standard InChI is InChI=1S/C21H26F3N3O2.HI/c1-2-25-20(26-11-10-16-4-3-5-19(28)12-16)27-13-17-6-8-18(9-7-17)14-29-15-21(22,23)24;/h3-9,12,28H,2,10-11,13-15H2,1H3,(H2,25,26,27);1H. The first-order chi connectivity index (χ1) is 13.9. The molecular weight excluding hydrogens is 510 g/mol. The van der Waals surface area contributed by atoms with Crippen LogP contribution in [0.2, 0.25) is 0 Å². The molecule has 0 aromatic heterocycles. The number of nitrogens with one attached hydrogen (secondary N) is 2. The van der Waals surface area contributed by atoms with Gasteiger partial charge in [0, 0.05) is 13.1 Å². The molecule has 2 aromatic rings. The van der Waals surface area contributed by atoms with Gasteiger partial charge in [-0.15, -0.1) is 24.0 Å². The third kappa shape index (κ3) is 10.7. The van der Waals surface area contributed by atoms with E-state index in [0.717, 1.165) is 17.5 Å². The highest BCUT2D eigenvalue weighted by molar-refractivity contribution is 14.0. The maximum atomic E-state index is 12.1. The summed E-state index contributed by atoms with van der Waals surface area (Å²) in [6.45, 7) is 2.45. The SMILES string of the molecule is CCNC(=NCc1ccc(COCC(F)(F)F)cc1)NCCc1cccc(O)c1.I. The minimum absolute atomic E-state index is 0. The Kier molecular flexibility index (Phi) is 11.6. The largest absolute Gasteiger partial charge is 0.508 e. The van der Waals surface area contributed by atoms with Crippen molar-refractivity contribution in [2.45, 2.75) is 32.7 Å². The molecule has 0 aliphatic heterocycles. The van der Waals surface area contributed by atoms with Gasteiger partial charge in [-0.25, -0.2) is 4.99 Å². The average Bonchev–Trinajstić information content (AvgIpc) is 2.66. The van der Waals surface area contributed by atoms with E-state index in [1.807, 2.05) is 31.2 Å². The van der Waals surface area contributed by atoms with Crippen LogP contribution in [-0.2, 0) is 24.3 Å². The number of aliphatic imine (C=N–C) groups is 1. The molecule has 9 heteroatoms. The second-order valence-corrected chi connectivity index (χ2v) is 6.47. The Bertz CT molecular complexity index is 784. The molecule has 0 aliphatic carbocycles. The minimum Gasteiger partial charge on any atom is -0.508 e. The van der Waals surface area contributed by atoms with Crippen LogP contribution >= 0.6 is 24.0 Å². The lowest BCUT2D eigenvalue weighted by atomic mass is 10.1. The van der Waals surface area contributed by atoms with Crippen LogP contribution in [0.5, 0.6) is 5.75 Å². The number of phenolic OH excluding ortho intramolecular Hbond substituents is 1. The Hall–Kier alpha value is -2.01. The first kappa shape index (κ1) is 26.0. The maximum absolute atomic E-state index is 12.1. The molecule has 0 heterocycles. The topological polar surface area (TPSA) is 65.9 Å². The molecule has 5 nitrogen and oxygen atoms in total. The van der Waals surface area contributed by atoms with Crippen molar-refractivity contribution in [2.75, 3.05) is 19.7 Å². The number of benzene rings is 2. The molecule has 0 unspecified atom stereocenters. The fourth-order valence-electron chi connectivity index (χ4n) is 2.57. The first-order valence-electron chi connectivity index (χ1n) is 9.38. The van der Waals surface area contributed by atoms with Crippen LogP contribution in [-0.4, -0.2) is 36.9 Å². The van der Waals surface area contributed by atoms with Gasteiger partial charge in [0.1, 0.15) is 12.4 Å². The number of phenols is 1. The van der Waals surface area contributed by atoms with E-state index in [0.29, 0.717) is 31.2 Å². The number of hydrogen-bond donors (Lipinski definition) is 3. The molecule has 0 saturated heterocycles. The Morgan fingerprint density at radius 2 is 1.73 bits per heavy atom. The van der Waals surface area contributed by atoms with E-state index in [2.05, 4.69) is 20.4 Å². The van der Waals surface area contributed by atoms with Gasteiger partial charge in [-0.1, -0.05) is 36.4 Å². The number of alkyl halides is 3. The number of nitrogens with zero attached hydrogens (tertiary/aromatic N) is 1. The molecule has 0 amide bonds. The quantitative estimate of drug-likeness (QED) is 0.252. The van der Waals surface area contributed by atoms with Crippen molar-refractivity contribution in [3.05, 3.63) is 65.2 Å². The highest BCUT2D eigenvalue weighted by Crippen LogP contribution is 2.16. The molecule has 166 valence electrons. The summed E-state index contributed by atoms with van der Waals surface area (Å²) >= 11 is 0. The van der Waals surface area contributed by atoms with Crippen molar-refractivity contribution in [2.24, 2.45) is 4.99 Å². The van der Waals surface area contributed by atoms with Crippen LogP contribution in [0, 0.1) is 0 Å². The zero-order valence-electron chi connectivity index (χ0n) is 16.7. The van der Waals surface area contributed by atoms with Crippen LogP contribution < -0.4 is 10.6 Å². The predicted octanol–water partition coefficient (Wildman–Crippen LogP) is 4.39. The third-order valence-electron chi connectivity index (χ3n) is 3.94. The van der Waals surface area contributed by atoms with Gasteiger partial charge in [0.15, 0.2) is 5.96 Å². The van der Waals surface area contributed by atoms with Gasteiger partial charge in [-0.3, -0.25) is 0 Å². The van der Waals surface area contributed by atoms with Crippen LogP contribution in [0.3, 0.4) is 0 Å². The van der Waals surface area contributed by atoms with E-state index in [-0.39, 0.29) is 36.3 Å². The predicted molar refractivity (Wildman–Crippen MR) is 122 cm³/mol. The Balaban J connectivity index is 0.00000450. The summed E-state index contributed by atoms with van der Waals surface area (Å²) in [5.74, 6) is 0.917. The summed E-state index contributed by atoms with van der Waals surface area (Å²) < 4.78 is 41.0. The number of aromatic hydroxyl groups is 1. The van der Waals surface area contributed by atoms with Gasteiger partial charge in [-0.2, -0.15) is 13.2 Å². The van der Waals surface area contributed by atoms with E-state index in [4.69, 9.17) is 0 Å². The molecule has 0 spiro atoms. The van der Waals surface area contributed by atoms with Crippen LogP contribution in [0.1, 0.15) is 23.6 Å². The monoisotopic (exact) mass is 537 g/mol. The highest BCUT2D eigenvalue weighted by Gasteiger charge is 2.27. The normalized spacial score (nSPS) is 11.7. The van der Waals surface area contributed by atoms with E-state index >= 15 is 0 Å². The molecule has 0 radical (unpaired) electrons. The Morgan fingerprint density at radius 3 is 2.37 bits per heavy atom. The molecular formula is C21H27F3IN3O2. The molecule has 0 saturated carbocycles. The Morgan fingerprint density at radius 1 is 1.03 bits per heavy atom. The maximum Gasteiger partial charge on any atom is 0.411 e. The van der Waals surface area contributed by atoms with Crippen LogP contribution in [0.25, 0.3) is 0 Å². The average molecular weight is 537 g/mol. The molecule has 2 rings (SSSR count). The molecule has 2 aromatic carbocycles. The van der Waals surface area contributed by atoms with Gasteiger partial charge in [0.2, 0.25) is 0 Å². The van der Waals surface area contributed by atoms with Crippen molar-refractivity contribution >= 4 is 29.9 Å². The number of hydrogen-bond acceptors (Lipinski definition) is 3. The summed E-state index contributed by atoms with van der Waals surface area (Å²) in [5.41, 5.74) is 2.64. The van der Waals surface area contributed by atoms with Crippen LogP contribution in [0.4, 0.5) is 13.2 Å². The lowest BCUT2D eigenvalue weighted by molar-refractivity contribution is -0.176. The van der Waals surface area contributed by atoms with E-state index in [1.165, 1.54) is 0 Å². The van der Waals surface area contributed by atoms with Crippen molar-refractivity contribution < 1.29 is 23.0 Å². The molecule has 30 heavy (non-hydrogen) atoms. The van der Waals surface area contributed by atoms with E-state index in [9.17, 15) is 18.3 Å². The number of guanidine groups is 1. The number of halogens is 4. The van der Waals surface area contributed by atoms with Crippen molar-refractivity contribution in [1.82, 2.24) is 10.6 Å². The fraction of sp³-hybridized carbons (Fsp3) is 0.381. The highest BCUT2D eigenvalue weighted by atomic mass is 127. The lowest BCUT2D eigenvalue weighted by Gasteiger charge is -2.12. The third-order valence-corrected chi connectivity index (χ3v) is 3.94. The first-order valence-corrected chi connectivity index (χ1v) is 9.38. The molecule has 0 bridgehead atoms. The molecule has 0 aliphatic rings. The summed E-state index contributed by atoms with van der Waals surface area (Å²) in [6, 6.07) is 14.3. The van der Waals surface area contributed by atoms with Crippen molar-refractivity contribution in [3.63, 3.8) is 0 Å². The van der Waals surface area contributed by atoms with Gasteiger partial charge in [0.25, 0.3) is 0 Å². The summed E-state index contributed by atoms with van der Waals surface area (Å²) in [5, 5.41) is 15.9. The van der Waals surface area contributed by atoms with Crippen molar-refractivity contribution in [1.29, 1.82) is 0 Å². The zero-order chi connectivity index (χ0) is 21.1. The fourth-order valence-corrected chi connectivity index (χ4v) is 2.57. The van der Waals surface area contributed by atoms with E-state index < -0.39 is 12.8 Å². The van der Waals surface area contributed by atoms with Gasteiger partial charge < -0.3 is 20.5 Å². The number of rotatable bonds is 9. The lowest BCUT2D eigenvalue weighted by Crippen LogP contribution is -2.38. The second kappa shape index (κ2) is 13.3. The summed E-state index contributed by atoms with van der Waals surface area (Å²) in [6.07, 6.45) is -3.57. The second-order valence-electron chi connectivity index (χ2n) is 6.47. The summed E-state index contributed by atoms with van der Waals surface area (Å²) in [7, 11) is 0. The number of ether oxygens (including phenoxy) is 1. The Labute approximate surface area is 191 Å². The summed E-state index contributed by atoms with van der Waals surface area (Å²) in [4.78, 5) is 4.52. The van der Waals surface area contributed by atoms with Crippen molar-refractivity contribution in [3.8, 4) is 5.75 Å². The van der Waals surface area contributed by atoms with Gasteiger partial charge in [-0.05, 0) is 42.2 Å². The molecule has 0 atom stereocenters. The van der Waals surface area contributed by atoms with E-state index in [1.54, 1.807) is 24.3 Å². The van der Waals surface area contributed by atoms with Crippen LogP contribution in [0.15, 0.2) is 53.5 Å².